The van der Waals surface area contributed by atoms with Crippen LogP contribution in [0.5, 0.6) is 11.5 Å². The Morgan fingerprint density at radius 3 is 2.74 bits per heavy atom. The lowest BCUT2D eigenvalue weighted by Crippen LogP contribution is -2.36. The Balaban J connectivity index is 1.39. The van der Waals surface area contributed by atoms with E-state index < -0.39 is 5.92 Å². The zero-order valence-electron chi connectivity index (χ0n) is 14.2. The summed E-state index contributed by atoms with van der Waals surface area (Å²) in [6, 6.07) is 10.5. The van der Waals surface area contributed by atoms with Gasteiger partial charge in [-0.25, -0.2) is 0 Å². The first-order valence-corrected chi connectivity index (χ1v) is 9.21. The van der Waals surface area contributed by atoms with Crippen molar-refractivity contribution in [2.24, 2.45) is 5.92 Å². The summed E-state index contributed by atoms with van der Waals surface area (Å²) in [4.78, 5) is 26.7. The minimum absolute atomic E-state index is 0.201. The Bertz CT molecular complexity index is 919. The van der Waals surface area contributed by atoms with Gasteiger partial charge in [0.15, 0.2) is 11.5 Å². The van der Waals surface area contributed by atoms with Crippen LogP contribution in [0.2, 0.25) is 10.0 Å². The molecule has 0 saturated carbocycles. The molecule has 1 atom stereocenters. The summed E-state index contributed by atoms with van der Waals surface area (Å²) >= 11 is 11.9. The van der Waals surface area contributed by atoms with E-state index in [9.17, 15) is 9.59 Å². The maximum atomic E-state index is 12.7. The number of nitrogens with one attached hydrogen (secondary N) is 1. The second-order valence-corrected chi connectivity index (χ2v) is 7.15. The highest BCUT2D eigenvalue weighted by atomic mass is 35.5. The summed E-state index contributed by atoms with van der Waals surface area (Å²) in [5.41, 5.74) is 1.51. The molecule has 2 heterocycles. The molecule has 0 aromatic heterocycles. The molecule has 2 aromatic carbocycles. The monoisotopic (exact) mass is 406 g/mol. The molecule has 1 N–H and O–H groups in total. The lowest BCUT2D eigenvalue weighted by atomic mass is 10.1. The van der Waals surface area contributed by atoms with Gasteiger partial charge in [-0.1, -0.05) is 29.3 Å². The first kappa shape index (κ1) is 17.9. The highest BCUT2D eigenvalue weighted by Gasteiger charge is 2.37. The average Bonchev–Trinajstić information content (AvgIpc) is 3.28. The van der Waals surface area contributed by atoms with Gasteiger partial charge in [-0.15, -0.1) is 0 Å². The predicted octanol–water partition coefficient (Wildman–Crippen LogP) is 3.39. The molecule has 6 nitrogen and oxygen atoms in total. The average molecular weight is 407 g/mol. The van der Waals surface area contributed by atoms with E-state index in [0.717, 1.165) is 5.56 Å². The molecular formula is C19H16Cl2N2O4. The summed E-state index contributed by atoms with van der Waals surface area (Å²) in [6.07, 6.45) is 0.450. The van der Waals surface area contributed by atoms with E-state index in [1.807, 2.05) is 12.1 Å². The molecule has 140 valence electrons. The van der Waals surface area contributed by atoms with Crippen molar-refractivity contribution in [3.63, 3.8) is 0 Å². The molecule has 0 spiro atoms. The SMILES string of the molecule is O=C(NCc1ccc2c(c1)OCO2)C1CCN(c2ccc(Cl)c(Cl)c2)C1=O. The van der Waals surface area contributed by atoms with Crippen LogP contribution in [-0.2, 0) is 16.1 Å². The number of hydrogen-bond donors (Lipinski definition) is 1. The van der Waals surface area contributed by atoms with Crippen LogP contribution in [0.1, 0.15) is 12.0 Å². The van der Waals surface area contributed by atoms with Crippen LogP contribution in [0, 0.1) is 5.92 Å². The van der Waals surface area contributed by atoms with Crippen molar-refractivity contribution in [3.05, 3.63) is 52.0 Å². The minimum atomic E-state index is -0.714. The van der Waals surface area contributed by atoms with Crippen LogP contribution in [0.25, 0.3) is 0 Å². The Labute approximate surface area is 165 Å². The van der Waals surface area contributed by atoms with Crippen molar-refractivity contribution >= 4 is 40.7 Å². The number of carbonyl (C=O) groups is 2. The van der Waals surface area contributed by atoms with E-state index in [0.29, 0.717) is 46.7 Å². The van der Waals surface area contributed by atoms with Gasteiger partial charge in [0.1, 0.15) is 5.92 Å². The molecular weight excluding hydrogens is 391 g/mol. The molecule has 27 heavy (non-hydrogen) atoms. The normalized spacial score (nSPS) is 18.1. The van der Waals surface area contributed by atoms with E-state index in [4.69, 9.17) is 32.7 Å². The first-order chi connectivity index (χ1) is 13.0. The van der Waals surface area contributed by atoms with Crippen molar-refractivity contribution in [3.8, 4) is 11.5 Å². The number of rotatable bonds is 4. The summed E-state index contributed by atoms with van der Waals surface area (Å²) in [6.45, 7) is 0.969. The summed E-state index contributed by atoms with van der Waals surface area (Å²) < 4.78 is 10.6. The summed E-state index contributed by atoms with van der Waals surface area (Å²) in [5.74, 6) is 0.100. The number of nitrogens with zero attached hydrogens (tertiary/aromatic N) is 1. The van der Waals surface area contributed by atoms with Gasteiger partial charge in [0.05, 0.1) is 10.0 Å². The molecule has 8 heteroatoms. The minimum Gasteiger partial charge on any atom is -0.454 e. The third-order valence-electron chi connectivity index (χ3n) is 4.64. The van der Waals surface area contributed by atoms with E-state index in [2.05, 4.69) is 5.32 Å². The van der Waals surface area contributed by atoms with Gasteiger partial charge in [-0.2, -0.15) is 0 Å². The van der Waals surface area contributed by atoms with Crippen molar-refractivity contribution in [2.75, 3.05) is 18.2 Å². The molecule has 0 aliphatic carbocycles. The Kier molecular flexibility index (Phi) is 4.85. The van der Waals surface area contributed by atoms with Crippen molar-refractivity contribution in [1.82, 2.24) is 5.32 Å². The summed E-state index contributed by atoms with van der Waals surface area (Å²) in [5, 5.41) is 3.62. The molecule has 2 aromatic rings. The van der Waals surface area contributed by atoms with Gasteiger partial charge in [-0.05, 0) is 42.3 Å². The third-order valence-corrected chi connectivity index (χ3v) is 5.38. The van der Waals surface area contributed by atoms with Crippen LogP contribution >= 0.6 is 23.2 Å². The van der Waals surface area contributed by atoms with E-state index in [-0.39, 0.29) is 18.6 Å². The lowest BCUT2D eigenvalue weighted by Gasteiger charge is -2.17. The number of fused-ring (bicyclic) bond motifs is 1. The zero-order chi connectivity index (χ0) is 19.0. The highest BCUT2D eigenvalue weighted by molar-refractivity contribution is 6.42. The zero-order valence-corrected chi connectivity index (χ0v) is 15.7. The molecule has 2 amide bonds. The Hall–Kier alpha value is -2.44. The van der Waals surface area contributed by atoms with E-state index in [1.165, 1.54) is 0 Å². The van der Waals surface area contributed by atoms with Crippen molar-refractivity contribution < 1.29 is 19.1 Å². The van der Waals surface area contributed by atoms with E-state index >= 15 is 0 Å². The largest absolute Gasteiger partial charge is 0.454 e. The number of amides is 2. The van der Waals surface area contributed by atoms with Gasteiger partial charge < -0.3 is 19.7 Å². The first-order valence-electron chi connectivity index (χ1n) is 8.45. The topological polar surface area (TPSA) is 67.9 Å². The van der Waals surface area contributed by atoms with Gasteiger partial charge in [-0.3, -0.25) is 9.59 Å². The number of carbonyl (C=O) groups excluding carboxylic acids is 2. The molecule has 1 fully saturated rings. The molecule has 2 aliphatic rings. The van der Waals surface area contributed by atoms with Crippen LogP contribution in [0.3, 0.4) is 0 Å². The number of ether oxygens (including phenoxy) is 2. The fraction of sp³-hybridized carbons (Fsp3) is 0.263. The van der Waals surface area contributed by atoms with Gasteiger partial charge in [0.25, 0.3) is 0 Å². The van der Waals surface area contributed by atoms with Crippen LogP contribution in [-0.4, -0.2) is 25.2 Å². The van der Waals surface area contributed by atoms with Crippen LogP contribution < -0.4 is 19.7 Å². The van der Waals surface area contributed by atoms with Gasteiger partial charge >= 0.3 is 0 Å². The smallest absolute Gasteiger partial charge is 0.239 e. The molecule has 1 unspecified atom stereocenters. The number of anilines is 1. The molecule has 0 bridgehead atoms. The second kappa shape index (κ2) is 7.29. The predicted molar refractivity (Wildman–Crippen MR) is 101 cm³/mol. The molecule has 2 aliphatic heterocycles. The summed E-state index contributed by atoms with van der Waals surface area (Å²) in [7, 11) is 0. The number of benzene rings is 2. The van der Waals surface area contributed by atoms with Crippen LogP contribution in [0.4, 0.5) is 5.69 Å². The lowest BCUT2D eigenvalue weighted by molar-refractivity contribution is -0.132. The maximum absolute atomic E-state index is 12.7. The van der Waals surface area contributed by atoms with Gasteiger partial charge in [0.2, 0.25) is 18.6 Å². The molecule has 0 radical (unpaired) electrons. The Morgan fingerprint density at radius 2 is 1.93 bits per heavy atom. The standard InChI is InChI=1S/C19H16Cl2N2O4/c20-14-3-2-12(8-15(14)21)23-6-5-13(19(23)25)18(24)22-9-11-1-4-16-17(7-11)27-10-26-16/h1-4,7-8,13H,5-6,9-10H2,(H,22,24). The fourth-order valence-electron chi connectivity index (χ4n) is 3.20. The van der Waals surface area contributed by atoms with E-state index in [1.54, 1.807) is 29.2 Å². The van der Waals surface area contributed by atoms with Crippen LogP contribution in [0.15, 0.2) is 36.4 Å². The molecule has 4 rings (SSSR count). The van der Waals surface area contributed by atoms with Gasteiger partial charge in [0, 0.05) is 18.8 Å². The van der Waals surface area contributed by atoms with Crippen molar-refractivity contribution in [2.45, 2.75) is 13.0 Å². The number of halogens is 2. The second-order valence-electron chi connectivity index (χ2n) is 6.33. The maximum Gasteiger partial charge on any atom is 0.239 e. The molecule has 1 saturated heterocycles. The third kappa shape index (κ3) is 3.55. The fourth-order valence-corrected chi connectivity index (χ4v) is 3.49. The quantitative estimate of drug-likeness (QED) is 0.790. The highest BCUT2D eigenvalue weighted by Crippen LogP contribution is 2.33. The van der Waals surface area contributed by atoms with Crippen molar-refractivity contribution in [1.29, 1.82) is 0 Å². The number of hydrogen-bond acceptors (Lipinski definition) is 4. The Morgan fingerprint density at radius 1 is 1.11 bits per heavy atom.